The van der Waals surface area contributed by atoms with Crippen LogP contribution in [0, 0.1) is 16.7 Å². The van der Waals surface area contributed by atoms with Crippen molar-refractivity contribution in [3.05, 3.63) is 12.2 Å². The van der Waals surface area contributed by atoms with Crippen LogP contribution in [-0.4, -0.2) is 31.6 Å². The van der Waals surface area contributed by atoms with Gasteiger partial charge in [-0.3, -0.25) is 0 Å². The molecule has 1 aliphatic rings. The van der Waals surface area contributed by atoms with E-state index in [-0.39, 0.29) is 11.2 Å². The van der Waals surface area contributed by atoms with E-state index in [0.717, 1.165) is 0 Å². The molecule has 0 saturated heterocycles. The quantitative estimate of drug-likeness (QED) is 0.554. The molecule has 90 valence electrons. The van der Waals surface area contributed by atoms with Crippen molar-refractivity contribution in [2.45, 2.75) is 26.7 Å². The van der Waals surface area contributed by atoms with Gasteiger partial charge in [-0.15, -0.1) is 0 Å². The van der Waals surface area contributed by atoms with Gasteiger partial charge in [-0.1, -0.05) is 26.0 Å². The van der Waals surface area contributed by atoms with Gasteiger partial charge in [-0.05, 0) is 11.8 Å². The summed E-state index contributed by atoms with van der Waals surface area (Å²) in [6.07, 6.45) is 4.66. The highest BCUT2D eigenvalue weighted by atomic mass is 32.2. The number of hydrogen-bond donors (Lipinski definition) is 0. The summed E-state index contributed by atoms with van der Waals surface area (Å²) in [5.74, 6) is 0.0739. The van der Waals surface area contributed by atoms with Crippen molar-refractivity contribution in [1.29, 1.82) is 5.26 Å². The summed E-state index contributed by atoms with van der Waals surface area (Å²) in [6, 6.07) is 1.96. The average Bonchev–Trinajstić information content (AvgIpc) is 2.16. The molecule has 0 aliphatic carbocycles. The van der Waals surface area contributed by atoms with Gasteiger partial charge in [-0.2, -0.15) is 9.57 Å². The molecule has 0 N–H and O–H groups in total. The molecule has 1 aliphatic heterocycles. The van der Waals surface area contributed by atoms with Gasteiger partial charge < -0.3 is 0 Å². The second-order valence-corrected chi connectivity index (χ2v) is 6.85. The van der Waals surface area contributed by atoms with Gasteiger partial charge >= 0.3 is 0 Å². The van der Waals surface area contributed by atoms with E-state index in [1.54, 1.807) is 0 Å². The van der Waals surface area contributed by atoms with Crippen molar-refractivity contribution < 1.29 is 8.42 Å². The summed E-state index contributed by atoms with van der Waals surface area (Å²) in [5, 5.41) is 8.39. The molecule has 0 spiro atoms. The van der Waals surface area contributed by atoms with Gasteiger partial charge in [0.05, 0.1) is 11.8 Å². The van der Waals surface area contributed by atoms with E-state index in [9.17, 15) is 8.42 Å². The first-order valence-corrected chi connectivity index (χ1v) is 7.01. The predicted molar refractivity (Wildman–Crippen MR) is 63.1 cm³/mol. The lowest BCUT2D eigenvalue weighted by atomic mass is 9.91. The van der Waals surface area contributed by atoms with E-state index in [0.29, 0.717) is 25.9 Å². The Kier molecular flexibility index (Phi) is 4.11. The van der Waals surface area contributed by atoms with Crippen molar-refractivity contribution in [3.8, 4) is 6.07 Å². The Bertz CT molecular complexity index is 404. The number of hydrogen-bond acceptors (Lipinski definition) is 3. The van der Waals surface area contributed by atoms with Crippen molar-refractivity contribution in [1.82, 2.24) is 4.31 Å². The number of rotatable bonds is 4. The van der Waals surface area contributed by atoms with Gasteiger partial charge in [0.2, 0.25) is 10.0 Å². The third kappa shape index (κ3) is 3.62. The number of unbranched alkanes of at least 4 members (excludes halogenated alkanes) is 1. The lowest BCUT2D eigenvalue weighted by molar-refractivity contribution is 0.311. The zero-order chi connectivity index (χ0) is 12.2. The minimum absolute atomic E-state index is 0.0739. The molecule has 0 unspecified atom stereocenters. The third-order valence-corrected chi connectivity index (χ3v) is 4.42. The fraction of sp³-hybridized carbons (Fsp3) is 0.727. The topological polar surface area (TPSA) is 61.2 Å². The molecule has 0 saturated carbocycles. The maximum atomic E-state index is 11.9. The zero-order valence-corrected chi connectivity index (χ0v) is 10.6. The van der Waals surface area contributed by atoms with Crippen LogP contribution in [0.25, 0.3) is 0 Å². The maximum Gasteiger partial charge on any atom is 0.214 e. The number of sulfonamides is 1. The molecule has 0 fully saturated rings. The first kappa shape index (κ1) is 13.2. The normalized spacial score (nSPS) is 20.6. The Hall–Kier alpha value is -0.860. The van der Waals surface area contributed by atoms with Crippen LogP contribution in [0.1, 0.15) is 26.7 Å². The summed E-state index contributed by atoms with van der Waals surface area (Å²) in [7, 11) is -3.20. The molecule has 0 aromatic heterocycles. The van der Waals surface area contributed by atoms with Crippen molar-refractivity contribution in [3.63, 3.8) is 0 Å². The van der Waals surface area contributed by atoms with E-state index < -0.39 is 10.0 Å². The highest BCUT2D eigenvalue weighted by Gasteiger charge is 2.29. The van der Waals surface area contributed by atoms with Gasteiger partial charge in [-0.25, -0.2) is 8.42 Å². The van der Waals surface area contributed by atoms with Crippen LogP contribution < -0.4 is 0 Å². The van der Waals surface area contributed by atoms with Crippen LogP contribution in [-0.2, 0) is 10.0 Å². The van der Waals surface area contributed by atoms with E-state index in [2.05, 4.69) is 0 Å². The van der Waals surface area contributed by atoms with Crippen LogP contribution in [0.15, 0.2) is 12.2 Å². The van der Waals surface area contributed by atoms with Crippen LogP contribution in [0.5, 0.6) is 0 Å². The van der Waals surface area contributed by atoms with E-state index in [1.807, 2.05) is 32.1 Å². The molecular formula is C11H18N2O2S. The summed E-state index contributed by atoms with van der Waals surface area (Å²) >= 11 is 0. The lowest BCUT2D eigenvalue weighted by Gasteiger charge is -2.32. The first-order valence-electron chi connectivity index (χ1n) is 5.40. The second-order valence-electron chi connectivity index (χ2n) is 4.76. The zero-order valence-electron chi connectivity index (χ0n) is 9.81. The van der Waals surface area contributed by atoms with E-state index in [1.165, 1.54) is 4.31 Å². The minimum atomic E-state index is -3.20. The fourth-order valence-electron chi connectivity index (χ4n) is 1.74. The third-order valence-electron chi connectivity index (χ3n) is 2.55. The Labute approximate surface area is 97.6 Å². The predicted octanol–water partition coefficient (Wildman–Crippen LogP) is 1.52. The van der Waals surface area contributed by atoms with Crippen LogP contribution in [0.2, 0.25) is 0 Å². The van der Waals surface area contributed by atoms with Crippen LogP contribution in [0.3, 0.4) is 0 Å². The molecule has 16 heavy (non-hydrogen) atoms. The van der Waals surface area contributed by atoms with E-state index >= 15 is 0 Å². The molecule has 4 nitrogen and oxygen atoms in total. The van der Waals surface area contributed by atoms with Crippen molar-refractivity contribution >= 4 is 10.0 Å². The second kappa shape index (κ2) is 4.98. The average molecular weight is 242 g/mol. The number of nitriles is 1. The van der Waals surface area contributed by atoms with E-state index in [4.69, 9.17) is 5.26 Å². The largest absolute Gasteiger partial charge is 0.214 e. The lowest BCUT2D eigenvalue weighted by Crippen LogP contribution is -2.42. The maximum absolute atomic E-state index is 11.9. The number of nitrogens with zero attached hydrogens (tertiary/aromatic N) is 2. The Morgan fingerprint density at radius 2 is 2.19 bits per heavy atom. The summed E-state index contributed by atoms with van der Waals surface area (Å²) < 4.78 is 25.4. The standard InChI is InChI=1S/C11H18N2O2S/c1-11(2)6-5-8-13(10-11)16(14,15)9-4-3-7-12/h5-6H,3-4,8-10H2,1-2H3. The summed E-state index contributed by atoms with van der Waals surface area (Å²) in [5.41, 5.74) is -0.0967. The Morgan fingerprint density at radius 1 is 1.50 bits per heavy atom. The molecule has 0 aromatic rings. The smallest absolute Gasteiger partial charge is 0.212 e. The first-order chi connectivity index (χ1) is 7.37. The SMILES string of the molecule is CC1(C)C=CCN(S(=O)(=O)CCCC#N)C1. The highest BCUT2D eigenvalue weighted by Crippen LogP contribution is 2.24. The molecule has 1 rings (SSSR count). The minimum Gasteiger partial charge on any atom is -0.212 e. The molecule has 0 aromatic carbocycles. The summed E-state index contributed by atoms with van der Waals surface area (Å²) in [4.78, 5) is 0. The monoisotopic (exact) mass is 242 g/mol. The van der Waals surface area contributed by atoms with Crippen molar-refractivity contribution in [2.24, 2.45) is 5.41 Å². The van der Waals surface area contributed by atoms with Gasteiger partial charge in [0.15, 0.2) is 0 Å². The van der Waals surface area contributed by atoms with Gasteiger partial charge in [0, 0.05) is 19.5 Å². The molecule has 0 radical (unpaired) electrons. The molecular weight excluding hydrogens is 224 g/mol. The molecule has 0 amide bonds. The van der Waals surface area contributed by atoms with Gasteiger partial charge in [0.1, 0.15) is 0 Å². The Balaban J connectivity index is 2.64. The van der Waals surface area contributed by atoms with Gasteiger partial charge in [0.25, 0.3) is 0 Å². The molecule has 1 heterocycles. The Morgan fingerprint density at radius 3 is 2.75 bits per heavy atom. The fourth-order valence-corrected chi connectivity index (χ4v) is 3.35. The highest BCUT2D eigenvalue weighted by molar-refractivity contribution is 7.89. The summed E-state index contributed by atoms with van der Waals surface area (Å²) in [6.45, 7) is 5.01. The molecule has 5 heteroatoms. The molecule has 0 atom stereocenters. The van der Waals surface area contributed by atoms with Crippen LogP contribution >= 0.6 is 0 Å². The van der Waals surface area contributed by atoms with Crippen LogP contribution in [0.4, 0.5) is 0 Å². The van der Waals surface area contributed by atoms with Crippen molar-refractivity contribution in [2.75, 3.05) is 18.8 Å². The molecule has 0 bridgehead atoms.